The number of aromatic nitrogens is 3. The Hall–Kier alpha value is -5.60. The van der Waals surface area contributed by atoms with Crippen LogP contribution in [-0.2, 0) is 5.41 Å². The van der Waals surface area contributed by atoms with Crippen molar-refractivity contribution in [1.29, 1.82) is 5.26 Å². The molecule has 3 aliphatic rings. The Balaban J connectivity index is 1.10. The molecule has 3 fully saturated rings. The van der Waals surface area contributed by atoms with Crippen LogP contribution in [0.5, 0.6) is 0 Å². The molecule has 5 heteroatoms. The van der Waals surface area contributed by atoms with Gasteiger partial charge in [0.1, 0.15) is 11.2 Å². The van der Waals surface area contributed by atoms with Crippen molar-refractivity contribution in [1.82, 2.24) is 15.0 Å². The summed E-state index contributed by atoms with van der Waals surface area (Å²) < 4.78 is 6.10. The molecule has 0 radical (unpaired) electrons. The van der Waals surface area contributed by atoms with Crippen LogP contribution < -0.4 is 0 Å². The Bertz CT molecular complexity index is 2480. The quantitative estimate of drug-likeness (QED) is 0.188. The first-order valence-corrected chi connectivity index (χ1v) is 17.4. The monoisotopic (exact) mass is 634 g/mol. The maximum atomic E-state index is 10.2. The van der Waals surface area contributed by atoms with Crippen molar-refractivity contribution in [2.75, 3.05) is 0 Å². The lowest BCUT2D eigenvalue weighted by Crippen LogP contribution is -2.26. The number of nitrogens with zero attached hydrogens (tertiary/aromatic N) is 4. The SMILES string of the molecule is CC12CC3(c4cccc(-c5cc(C#N)cc(-c6nc(-c7ccccc7)nc(-c7ccc8oc9ccccc9c8c7)n6)c5)c4)C[C@H]1CC[C@H]2C3. The highest BCUT2D eigenvalue weighted by molar-refractivity contribution is 6.06. The maximum Gasteiger partial charge on any atom is 0.164 e. The summed E-state index contributed by atoms with van der Waals surface area (Å²) in [4.78, 5) is 15.0. The molecule has 3 aliphatic carbocycles. The molecule has 2 bridgehead atoms. The van der Waals surface area contributed by atoms with E-state index in [1.807, 2.05) is 72.8 Å². The molecule has 4 atom stereocenters. The number of hydrogen-bond donors (Lipinski definition) is 0. The zero-order valence-corrected chi connectivity index (χ0v) is 27.4. The molecule has 0 saturated heterocycles. The van der Waals surface area contributed by atoms with Gasteiger partial charge >= 0.3 is 0 Å². The third-order valence-corrected chi connectivity index (χ3v) is 12.2. The van der Waals surface area contributed by atoms with E-state index in [2.05, 4.69) is 55.5 Å². The number of furan rings is 1. The Morgan fingerprint density at radius 1 is 0.612 bits per heavy atom. The largest absolute Gasteiger partial charge is 0.456 e. The normalized spacial score (nSPS) is 23.8. The minimum atomic E-state index is 0.279. The maximum absolute atomic E-state index is 10.2. The minimum absolute atomic E-state index is 0.279. The van der Waals surface area contributed by atoms with E-state index in [0.717, 1.165) is 61.6 Å². The molecule has 2 unspecified atom stereocenters. The van der Waals surface area contributed by atoms with Crippen LogP contribution in [0.3, 0.4) is 0 Å². The first-order valence-electron chi connectivity index (χ1n) is 17.4. The topological polar surface area (TPSA) is 75.6 Å². The molecule has 10 rings (SSSR count). The lowest BCUT2D eigenvalue weighted by atomic mass is 9.71. The van der Waals surface area contributed by atoms with Crippen molar-refractivity contribution in [3.05, 3.63) is 126 Å². The van der Waals surface area contributed by atoms with Crippen molar-refractivity contribution < 1.29 is 4.42 Å². The van der Waals surface area contributed by atoms with E-state index in [1.165, 1.54) is 37.7 Å². The molecule has 2 heterocycles. The molecule has 236 valence electrons. The van der Waals surface area contributed by atoms with Crippen molar-refractivity contribution in [3.8, 4) is 51.4 Å². The second-order valence-electron chi connectivity index (χ2n) is 14.8. The van der Waals surface area contributed by atoms with E-state index in [4.69, 9.17) is 19.4 Å². The van der Waals surface area contributed by atoms with Crippen molar-refractivity contribution >= 4 is 21.9 Å². The zero-order valence-electron chi connectivity index (χ0n) is 27.4. The number of rotatable bonds is 5. The van der Waals surface area contributed by atoms with E-state index >= 15 is 0 Å². The fourth-order valence-electron chi connectivity index (χ4n) is 9.82. The molecule has 49 heavy (non-hydrogen) atoms. The molecule has 0 spiro atoms. The summed E-state index contributed by atoms with van der Waals surface area (Å²) in [6.07, 6.45) is 6.70. The zero-order chi connectivity index (χ0) is 32.7. The summed E-state index contributed by atoms with van der Waals surface area (Å²) in [6, 6.07) is 41.7. The Morgan fingerprint density at radius 3 is 2.06 bits per heavy atom. The molecular formula is C44H34N4O. The second kappa shape index (κ2) is 10.4. The van der Waals surface area contributed by atoms with Crippen LogP contribution >= 0.6 is 0 Å². The van der Waals surface area contributed by atoms with E-state index in [-0.39, 0.29) is 5.41 Å². The standard InChI is InChI=1S/C44H34N4O/c1-43-26-44(23-34(43)15-16-35(43)24-44)33-11-7-10-29(21-33)31-18-27(25-45)19-32(20-31)42-47-40(28-8-3-2-4-9-28)46-41(48-42)30-14-17-39-37(22-30)36-12-5-6-13-38(36)49-39/h2-14,17-22,34-35H,15-16,23-24,26H2,1H3/t34-,35+,43?,44?. The average molecular weight is 635 g/mol. The highest BCUT2D eigenvalue weighted by atomic mass is 16.3. The number of fused-ring (bicyclic) bond motifs is 4. The van der Waals surface area contributed by atoms with E-state index < -0.39 is 0 Å². The van der Waals surface area contributed by atoms with Crippen molar-refractivity contribution in [2.45, 2.75) is 44.4 Å². The molecule has 0 amide bonds. The highest BCUT2D eigenvalue weighted by Gasteiger charge is 2.65. The van der Waals surface area contributed by atoms with Crippen LogP contribution in [0.15, 0.2) is 120 Å². The summed E-state index contributed by atoms with van der Waals surface area (Å²) in [5.74, 6) is 3.40. The van der Waals surface area contributed by atoms with Gasteiger partial charge in [-0.15, -0.1) is 0 Å². The van der Waals surface area contributed by atoms with Gasteiger partial charge in [-0.25, -0.2) is 15.0 Å². The van der Waals surface area contributed by atoms with Crippen LogP contribution in [0, 0.1) is 28.6 Å². The lowest BCUT2D eigenvalue weighted by molar-refractivity contribution is 0.195. The third kappa shape index (κ3) is 4.40. The summed E-state index contributed by atoms with van der Waals surface area (Å²) in [5.41, 5.74) is 9.20. The Labute approximate surface area is 285 Å². The fourth-order valence-corrected chi connectivity index (χ4v) is 9.82. The Morgan fingerprint density at radius 2 is 1.29 bits per heavy atom. The number of benzene rings is 5. The van der Waals surface area contributed by atoms with Gasteiger partial charge in [-0.1, -0.05) is 79.7 Å². The molecule has 3 saturated carbocycles. The smallest absolute Gasteiger partial charge is 0.164 e. The molecule has 0 aliphatic heterocycles. The lowest BCUT2D eigenvalue weighted by Gasteiger charge is -2.33. The molecule has 7 aromatic rings. The first-order chi connectivity index (χ1) is 24.0. The molecule has 0 N–H and O–H groups in total. The van der Waals surface area contributed by atoms with Gasteiger partial charge in [0.25, 0.3) is 0 Å². The van der Waals surface area contributed by atoms with Gasteiger partial charge < -0.3 is 4.42 Å². The van der Waals surface area contributed by atoms with Crippen molar-refractivity contribution in [2.24, 2.45) is 17.3 Å². The Kier molecular flexibility index (Phi) is 6.06. The second-order valence-corrected chi connectivity index (χ2v) is 14.8. The van der Waals surface area contributed by atoms with Crippen LogP contribution in [0.25, 0.3) is 67.2 Å². The summed E-state index contributed by atoms with van der Waals surface area (Å²) in [7, 11) is 0. The first kappa shape index (κ1) is 28.4. The minimum Gasteiger partial charge on any atom is -0.456 e. The van der Waals surface area contributed by atoms with E-state index in [0.29, 0.717) is 28.5 Å². The molecule has 5 nitrogen and oxygen atoms in total. The van der Waals surface area contributed by atoms with Gasteiger partial charge in [0, 0.05) is 27.5 Å². The summed E-state index contributed by atoms with van der Waals surface area (Å²) in [5, 5.41) is 12.3. The molecule has 2 aromatic heterocycles. The van der Waals surface area contributed by atoms with Gasteiger partial charge in [-0.3, -0.25) is 0 Å². The van der Waals surface area contributed by atoms with Gasteiger partial charge in [0.05, 0.1) is 11.6 Å². The van der Waals surface area contributed by atoms with Crippen LogP contribution in [0.4, 0.5) is 0 Å². The number of para-hydroxylation sites is 1. The van der Waals surface area contributed by atoms with E-state index in [9.17, 15) is 5.26 Å². The fraction of sp³-hybridized carbons (Fsp3) is 0.227. The van der Waals surface area contributed by atoms with Gasteiger partial charge in [0.15, 0.2) is 17.5 Å². The van der Waals surface area contributed by atoms with Gasteiger partial charge in [0.2, 0.25) is 0 Å². The predicted molar refractivity (Wildman–Crippen MR) is 193 cm³/mol. The van der Waals surface area contributed by atoms with Gasteiger partial charge in [-0.05, 0) is 114 Å². The highest BCUT2D eigenvalue weighted by Crippen LogP contribution is 2.72. The van der Waals surface area contributed by atoms with E-state index in [1.54, 1.807) is 0 Å². The number of nitriles is 1. The summed E-state index contributed by atoms with van der Waals surface area (Å²) in [6.45, 7) is 2.55. The summed E-state index contributed by atoms with van der Waals surface area (Å²) >= 11 is 0. The number of hydrogen-bond acceptors (Lipinski definition) is 5. The van der Waals surface area contributed by atoms with Crippen LogP contribution in [0.1, 0.15) is 50.2 Å². The van der Waals surface area contributed by atoms with Crippen LogP contribution in [-0.4, -0.2) is 15.0 Å². The average Bonchev–Trinajstić information content (AvgIpc) is 3.80. The van der Waals surface area contributed by atoms with Gasteiger partial charge in [-0.2, -0.15) is 5.26 Å². The van der Waals surface area contributed by atoms with Crippen LogP contribution in [0.2, 0.25) is 0 Å². The predicted octanol–water partition coefficient (Wildman–Crippen LogP) is 10.8. The third-order valence-electron chi connectivity index (χ3n) is 12.2. The van der Waals surface area contributed by atoms with Crippen molar-refractivity contribution in [3.63, 3.8) is 0 Å². The molecular weight excluding hydrogens is 601 g/mol. The molecule has 5 aromatic carbocycles.